The lowest BCUT2D eigenvalue weighted by molar-refractivity contribution is -0.183. The Bertz CT molecular complexity index is 525. The van der Waals surface area contributed by atoms with Crippen molar-refractivity contribution >= 4 is 12.0 Å². The average molecular weight is 306 g/mol. The van der Waals surface area contributed by atoms with Gasteiger partial charge in [0.1, 0.15) is 18.2 Å². The number of ether oxygens (including phenoxy) is 1. The SMILES string of the molecule is CC(C)(C)OC(=O)NC1CCN(OCc2ccccc2)C1=O. The van der Waals surface area contributed by atoms with Crippen LogP contribution in [-0.2, 0) is 21.0 Å². The lowest BCUT2D eigenvalue weighted by Gasteiger charge is -2.21. The minimum Gasteiger partial charge on any atom is -0.444 e. The summed E-state index contributed by atoms with van der Waals surface area (Å²) in [6.45, 7) is 6.10. The molecule has 0 bridgehead atoms. The lowest BCUT2D eigenvalue weighted by Crippen LogP contribution is -2.43. The van der Waals surface area contributed by atoms with E-state index in [1.54, 1.807) is 20.8 Å². The Labute approximate surface area is 130 Å². The monoisotopic (exact) mass is 306 g/mol. The van der Waals surface area contributed by atoms with Gasteiger partial charge in [0.25, 0.3) is 5.91 Å². The minimum atomic E-state index is -0.592. The second-order valence-electron chi connectivity index (χ2n) is 6.19. The quantitative estimate of drug-likeness (QED) is 0.926. The maximum Gasteiger partial charge on any atom is 0.408 e. The van der Waals surface area contributed by atoms with Crippen LogP contribution in [0.2, 0.25) is 0 Å². The van der Waals surface area contributed by atoms with Gasteiger partial charge in [-0.2, -0.15) is 0 Å². The van der Waals surface area contributed by atoms with Crippen molar-refractivity contribution in [1.82, 2.24) is 10.4 Å². The zero-order valence-electron chi connectivity index (χ0n) is 13.2. The molecule has 0 aromatic heterocycles. The van der Waals surface area contributed by atoms with Gasteiger partial charge in [0.05, 0.1) is 6.54 Å². The van der Waals surface area contributed by atoms with Gasteiger partial charge in [0, 0.05) is 0 Å². The van der Waals surface area contributed by atoms with Crippen LogP contribution < -0.4 is 5.32 Å². The van der Waals surface area contributed by atoms with E-state index < -0.39 is 17.7 Å². The Morgan fingerprint density at radius 3 is 2.64 bits per heavy atom. The molecule has 0 radical (unpaired) electrons. The third-order valence-corrected chi connectivity index (χ3v) is 3.09. The summed E-state index contributed by atoms with van der Waals surface area (Å²) in [4.78, 5) is 29.4. The van der Waals surface area contributed by atoms with E-state index in [2.05, 4.69) is 5.32 Å². The molecule has 1 aromatic carbocycles. The van der Waals surface area contributed by atoms with Crippen LogP contribution in [-0.4, -0.2) is 35.3 Å². The molecule has 1 aromatic rings. The zero-order chi connectivity index (χ0) is 16.2. The van der Waals surface area contributed by atoms with E-state index in [-0.39, 0.29) is 5.91 Å². The van der Waals surface area contributed by atoms with Crippen molar-refractivity contribution in [1.29, 1.82) is 0 Å². The molecular formula is C16H22N2O4. The molecular weight excluding hydrogens is 284 g/mol. The number of carbonyl (C=O) groups is 2. The fourth-order valence-electron chi connectivity index (χ4n) is 2.09. The van der Waals surface area contributed by atoms with E-state index in [4.69, 9.17) is 9.57 Å². The molecule has 22 heavy (non-hydrogen) atoms. The van der Waals surface area contributed by atoms with Gasteiger partial charge >= 0.3 is 6.09 Å². The third kappa shape index (κ3) is 4.73. The fraction of sp³-hybridized carbons (Fsp3) is 0.500. The number of alkyl carbamates (subject to hydrolysis) is 1. The Balaban J connectivity index is 1.81. The topological polar surface area (TPSA) is 67.9 Å². The van der Waals surface area contributed by atoms with Crippen molar-refractivity contribution < 1.29 is 19.2 Å². The van der Waals surface area contributed by atoms with E-state index >= 15 is 0 Å². The first kappa shape index (κ1) is 16.3. The minimum absolute atomic E-state index is 0.248. The zero-order valence-corrected chi connectivity index (χ0v) is 13.2. The largest absolute Gasteiger partial charge is 0.444 e. The van der Waals surface area contributed by atoms with Crippen LogP contribution in [0.25, 0.3) is 0 Å². The molecule has 1 unspecified atom stereocenters. The van der Waals surface area contributed by atoms with Gasteiger partial charge in [-0.3, -0.25) is 9.63 Å². The average Bonchev–Trinajstić information content (AvgIpc) is 2.77. The van der Waals surface area contributed by atoms with E-state index in [1.165, 1.54) is 5.06 Å². The molecule has 2 amide bonds. The highest BCUT2D eigenvalue weighted by Crippen LogP contribution is 2.15. The summed E-state index contributed by atoms with van der Waals surface area (Å²) in [5.74, 6) is -0.248. The summed E-state index contributed by atoms with van der Waals surface area (Å²) >= 11 is 0. The molecule has 6 nitrogen and oxygen atoms in total. The highest BCUT2D eigenvalue weighted by atomic mass is 16.7. The van der Waals surface area contributed by atoms with Crippen molar-refractivity contribution in [3.63, 3.8) is 0 Å². The van der Waals surface area contributed by atoms with Crippen molar-refractivity contribution in [2.75, 3.05) is 6.54 Å². The first-order chi connectivity index (χ1) is 10.3. The molecule has 1 saturated heterocycles. The molecule has 1 N–H and O–H groups in total. The smallest absolute Gasteiger partial charge is 0.408 e. The molecule has 120 valence electrons. The Morgan fingerprint density at radius 1 is 1.32 bits per heavy atom. The van der Waals surface area contributed by atoms with Gasteiger partial charge in [-0.25, -0.2) is 9.86 Å². The Hall–Kier alpha value is -2.08. The summed E-state index contributed by atoms with van der Waals surface area (Å²) < 4.78 is 5.15. The molecule has 0 spiro atoms. The van der Waals surface area contributed by atoms with E-state index in [9.17, 15) is 9.59 Å². The number of hydroxylamine groups is 2. The number of nitrogens with one attached hydrogen (secondary N) is 1. The number of nitrogens with zero attached hydrogens (tertiary/aromatic N) is 1. The number of rotatable bonds is 4. The highest BCUT2D eigenvalue weighted by molar-refractivity contribution is 5.86. The third-order valence-electron chi connectivity index (χ3n) is 3.09. The summed E-state index contributed by atoms with van der Waals surface area (Å²) in [5, 5.41) is 3.88. The number of carbonyl (C=O) groups excluding carboxylic acids is 2. The summed E-state index contributed by atoms with van der Waals surface area (Å²) in [6.07, 6.45) is -0.0804. The van der Waals surface area contributed by atoms with Crippen LogP contribution >= 0.6 is 0 Å². The molecule has 1 atom stereocenters. The molecule has 0 saturated carbocycles. The lowest BCUT2D eigenvalue weighted by atomic mass is 10.2. The number of hydrogen-bond donors (Lipinski definition) is 1. The van der Waals surface area contributed by atoms with Gasteiger partial charge in [-0.1, -0.05) is 30.3 Å². The van der Waals surface area contributed by atoms with Gasteiger partial charge in [-0.15, -0.1) is 0 Å². The van der Waals surface area contributed by atoms with Crippen LogP contribution in [0, 0.1) is 0 Å². The van der Waals surface area contributed by atoms with E-state index in [0.29, 0.717) is 19.6 Å². The highest BCUT2D eigenvalue weighted by Gasteiger charge is 2.34. The standard InChI is InChI=1S/C16H22N2O4/c1-16(2,3)22-15(20)17-13-9-10-18(14(13)19)21-11-12-7-5-4-6-8-12/h4-8,13H,9-11H2,1-3H3,(H,17,20). The predicted octanol–water partition coefficient (Wildman–Crippen LogP) is 2.24. The normalized spacial score (nSPS) is 18.4. The molecule has 1 fully saturated rings. The molecule has 1 heterocycles. The number of amides is 2. The van der Waals surface area contributed by atoms with Crippen molar-refractivity contribution in [3.05, 3.63) is 35.9 Å². The van der Waals surface area contributed by atoms with Crippen molar-refractivity contribution in [2.45, 2.75) is 45.4 Å². The van der Waals surface area contributed by atoms with Gasteiger partial charge in [-0.05, 0) is 32.8 Å². The molecule has 6 heteroatoms. The van der Waals surface area contributed by atoms with Crippen LogP contribution in [0.1, 0.15) is 32.8 Å². The first-order valence-electron chi connectivity index (χ1n) is 7.33. The van der Waals surface area contributed by atoms with Crippen LogP contribution in [0.15, 0.2) is 30.3 Å². The maximum atomic E-state index is 12.2. The Morgan fingerprint density at radius 2 is 2.00 bits per heavy atom. The van der Waals surface area contributed by atoms with Gasteiger partial charge in [0.15, 0.2) is 0 Å². The number of hydrogen-bond acceptors (Lipinski definition) is 4. The van der Waals surface area contributed by atoms with Crippen LogP contribution in [0.5, 0.6) is 0 Å². The van der Waals surface area contributed by atoms with Crippen LogP contribution in [0.3, 0.4) is 0 Å². The molecule has 0 aliphatic carbocycles. The summed E-state index contributed by atoms with van der Waals surface area (Å²) in [7, 11) is 0. The van der Waals surface area contributed by atoms with Gasteiger partial charge in [0.2, 0.25) is 0 Å². The van der Waals surface area contributed by atoms with Crippen molar-refractivity contribution in [3.8, 4) is 0 Å². The second kappa shape index (κ2) is 6.79. The van der Waals surface area contributed by atoms with Gasteiger partial charge < -0.3 is 10.1 Å². The van der Waals surface area contributed by atoms with E-state index in [1.807, 2.05) is 30.3 Å². The number of benzene rings is 1. The summed E-state index contributed by atoms with van der Waals surface area (Å²) in [5.41, 5.74) is 0.397. The molecule has 1 aliphatic heterocycles. The predicted molar refractivity (Wildman–Crippen MR) is 80.7 cm³/mol. The fourth-order valence-corrected chi connectivity index (χ4v) is 2.09. The molecule has 2 rings (SSSR count). The maximum absolute atomic E-state index is 12.2. The summed E-state index contributed by atoms with van der Waals surface area (Å²) in [6, 6.07) is 9.01. The second-order valence-corrected chi connectivity index (χ2v) is 6.19. The van der Waals surface area contributed by atoms with E-state index in [0.717, 1.165) is 5.56 Å². The van der Waals surface area contributed by atoms with Crippen LogP contribution in [0.4, 0.5) is 4.79 Å². The Kier molecular flexibility index (Phi) is 5.03. The first-order valence-corrected chi connectivity index (χ1v) is 7.33. The van der Waals surface area contributed by atoms with Crippen molar-refractivity contribution in [2.24, 2.45) is 0 Å². The molecule has 1 aliphatic rings.